The van der Waals surface area contributed by atoms with Gasteiger partial charge in [0.25, 0.3) is 0 Å². The maximum absolute atomic E-state index is 13.1. The zero-order valence-corrected chi connectivity index (χ0v) is 11.5. The average Bonchev–Trinajstić information content (AvgIpc) is 2.42. The van der Waals surface area contributed by atoms with Crippen LogP contribution in [0.4, 0.5) is 13.2 Å². The van der Waals surface area contributed by atoms with Crippen molar-refractivity contribution in [1.29, 1.82) is 0 Å². The van der Waals surface area contributed by atoms with Crippen molar-refractivity contribution < 1.29 is 13.2 Å². The van der Waals surface area contributed by atoms with E-state index in [1.807, 2.05) is 0 Å². The number of hydrogen-bond donors (Lipinski definition) is 1. The summed E-state index contributed by atoms with van der Waals surface area (Å²) >= 11 is 1.50. The van der Waals surface area contributed by atoms with Crippen LogP contribution in [0.2, 0.25) is 0 Å². The van der Waals surface area contributed by atoms with Gasteiger partial charge in [-0.05, 0) is 48.4 Å². The quantitative estimate of drug-likeness (QED) is 0.850. The highest BCUT2D eigenvalue weighted by atomic mass is 32.2. The fourth-order valence-corrected chi connectivity index (χ4v) is 2.62. The molecule has 0 spiro atoms. The third-order valence-corrected chi connectivity index (χ3v) is 3.96. The van der Waals surface area contributed by atoms with Gasteiger partial charge in [-0.3, -0.25) is 0 Å². The van der Waals surface area contributed by atoms with Gasteiger partial charge >= 0.3 is 0 Å². The molecule has 1 unspecified atom stereocenters. The Morgan fingerprint density at radius 1 is 0.950 bits per heavy atom. The van der Waals surface area contributed by atoms with Crippen LogP contribution in [0.15, 0.2) is 47.4 Å². The summed E-state index contributed by atoms with van der Waals surface area (Å²) in [6.45, 7) is 0. The SMILES string of the molecule is NC(CSc1ccc(F)cc1)Cc1ccc(F)c(F)c1. The van der Waals surface area contributed by atoms with Gasteiger partial charge < -0.3 is 5.73 Å². The van der Waals surface area contributed by atoms with Crippen molar-refractivity contribution in [2.24, 2.45) is 5.73 Å². The van der Waals surface area contributed by atoms with E-state index in [0.717, 1.165) is 17.0 Å². The summed E-state index contributed by atoms with van der Waals surface area (Å²) in [6, 6.07) is 9.76. The Bertz CT molecular complexity index is 572. The molecule has 0 saturated heterocycles. The molecule has 0 aliphatic rings. The van der Waals surface area contributed by atoms with Crippen LogP contribution in [0.5, 0.6) is 0 Å². The fourth-order valence-electron chi connectivity index (χ4n) is 1.76. The maximum atomic E-state index is 13.1. The average molecular weight is 297 g/mol. The van der Waals surface area contributed by atoms with Crippen molar-refractivity contribution in [3.05, 3.63) is 65.5 Å². The topological polar surface area (TPSA) is 26.0 Å². The number of nitrogens with two attached hydrogens (primary N) is 1. The standard InChI is InChI=1S/C15H14F3NS/c16-11-2-4-13(5-3-11)20-9-12(19)7-10-1-6-14(17)15(18)8-10/h1-6,8,12H,7,9,19H2. The first-order valence-electron chi connectivity index (χ1n) is 6.12. The first-order valence-corrected chi connectivity index (χ1v) is 7.11. The first-order chi connectivity index (χ1) is 9.54. The molecule has 0 bridgehead atoms. The lowest BCUT2D eigenvalue weighted by molar-refractivity contribution is 0.506. The summed E-state index contributed by atoms with van der Waals surface area (Å²) in [7, 11) is 0. The van der Waals surface area contributed by atoms with Crippen LogP contribution in [-0.2, 0) is 6.42 Å². The summed E-state index contributed by atoms with van der Waals surface area (Å²) < 4.78 is 38.6. The Labute approximate surface area is 120 Å². The monoisotopic (exact) mass is 297 g/mol. The summed E-state index contributed by atoms with van der Waals surface area (Å²) in [5.41, 5.74) is 6.62. The van der Waals surface area contributed by atoms with Gasteiger partial charge in [-0.1, -0.05) is 6.07 Å². The van der Waals surface area contributed by atoms with E-state index in [1.54, 1.807) is 12.1 Å². The Morgan fingerprint density at radius 2 is 1.65 bits per heavy atom. The zero-order chi connectivity index (χ0) is 14.5. The fraction of sp³-hybridized carbons (Fsp3) is 0.200. The molecular weight excluding hydrogens is 283 g/mol. The second kappa shape index (κ2) is 6.81. The minimum absolute atomic E-state index is 0.185. The second-order valence-electron chi connectivity index (χ2n) is 4.48. The lowest BCUT2D eigenvalue weighted by Gasteiger charge is -2.11. The first kappa shape index (κ1) is 14.9. The molecule has 0 aliphatic heterocycles. The molecule has 2 N–H and O–H groups in total. The summed E-state index contributed by atoms with van der Waals surface area (Å²) in [5, 5.41) is 0. The maximum Gasteiger partial charge on any atom is 0.159 e. The van der Waals surface area contributed by atoms with Crippen molar-refractivity contribution in [3.63, 3.8) is 0 Å². The molecular formula is C15H14F3NS. The Balaban J connectivity index is 1.87. The van der Waals surface area contributed by atoms with Crippen LogP contribution in [0.1, 0.15) is 5.56 Å². The second-order valence-corrected chi connectivity index (χ2v) is 5.57. The molecule has 106 valence electrons. The van der Waals surface area contributed by atoms with Gasteiger partial charge in [0, 0.05) is 16.7 Å². The number of hydrogen-bond acceptors (Lipinski definition) is 2. The number of benzene rings is 2. The van der Waals surface area contributed by atoms with Gasteiger partial charge in [-0.2, -0.15) is 0 Å². The van der Waals surface area contributed by atoms with E-state index >= 15 is 0 Å². The lowest BCUT2D eigenvalue weighted by atomic mass is 10.1. The number of rotatable bonds is 5. The highest BCUT2D eigenvalue weighted by molar-refractivity contribution is 7.99. The van der Waals surface area contributed by atoms with Crippen LogP contribution in [0, 0.1) is 17.5 Å². The van der Waals surface area contributed by atoms with Crippen molar-refractivity contribution in [2.45, 2.75) is 17.4 Å². The van der Waals surface area contributed by atoms with Gasteiger partial charge in [0.2, 0.25) is 0 Å². The minimum Gasteiger partial charge on any atom is -0.327 e. The predicted molar refractivity (Wildman–Crippen MR) is 75.2 cm³/mol. The molecule has 2 aromatic carbocycles. The van der Waals surface area contributed by atoms with Gasteiger partial charge in [0.1, 0.15) is 5.82 Å². The van der Waals surface area contributed by atoms with Crippen molar-refractivity contribution >= 4 is 11.8 Å². The third-order valence-electron chi connectivity index (χ3n) is 2.76. The van der Waals surface area contributed by atoms with Gasteiger partial charge in [-0.15, -0.1) is 11.8 Å². The van der Waals surface area contributed by atoms with E-state index in [-0.39, 0.29) is 11.9 Å². The van der Waals surface area contributed by atoms with E-state index in [1.165, 1.54) is 30.0 Å². The molecule has 0 fully saturated rings. The number of thioether (sulfide) groups is 1. The van der Waals surface area contributed by atoms with Crippen LogP contribution >= 0.6 is 11.8 Å². The highest BCUT2D eigenvalue weighted by Gasteiger charge is 2.08. The largest absolute Gasteiger partial charge is 0.327 e. The lowest BCUT2D eigenvalue weighted by Crippen LogP contribution is -2.25. The van der Waals surface area contributed by atoms with E-state index in [9.17, 15) is 13.2 Å². The van der Waals surface area contributed by atoms with Gasteiger partial charge in [-0.25, -0.2) is 13.2 Å². The normalized spacial score (nSPS) is 12.4. The third kappa shape index (κ3) is 4.28. The van der Waals surface area contributed by atoms with E-state index in [4.69, 9.17) is 5.73 Å². The molecule has 0 aliphatic carbocycles. The van der Waals surface area contributed by atoms with Crippen LogP contribution in [0.3, 0.4) is 0 Å². The van der Waals surface area contributed by atoms with Crippen LogP contribution in [0.25, 0.3) is 0 Å². The van der Waals surface area contributed by atoms with E-state index < -0.39 is 11.6 Å². The smallest absolute Gasteiger partial charge is 0.159 e. The predicted octanol–water partition coefficient (Wildman–Crippen LogP) is 3.77. The molecule has 0 heterocycles. The molecule has 1 nitrogen and oxygen atoms in total. The van der Waals surface area contributed by atoms with E-state index in [0.29, 0.717) is 17.7 Å². The van der Waals surface area contributed by atoms with E-state index in [2.05, 4.69) is 0 Å². The number of halogens is 3. The molecule has 0 amide bonds. The van der Waals surface area contributed by atoms with Gasteiger partial charge in [0.05, 0.1) is 0 Å². The van der Waals surface area contributed by atoms with Crippen LogP contribution < -0.4 is 5.73 Å². The van der Waals surface area contributed by atoms with Crippen molar-refractivity contribution in [1.82, 2.24) is 0 Å². The molecule has 2 aromatic rings. The summed E-state index contributed by atoms with van der Waals surface area (Å²) in [6.07, 6.45) is 0.464. The van der Waals surface area contributed by atoms with Gasteiger partial charge in [0.15, 0.2) is 11.6 Å². The Kier molecular flexibility index (Phi) is 5.09. The zero-order valence-electron chi connectivity index (χ0n) is 10.7. The minimum atomic E-state index is -0.860. The van der Waals surface area contributed by atoms with Crippen LogP contribution in [-0.4, -0.2) is 11.8 Å². The Morgan fingerprint density at radius 3 is 2.30 bits per heavy atom. The summed E-state index contributed by atoms with van der Waals surface area (Å²) in [5.74, 6) is -1.38. The highest BCUT2D eigenvalue weighted by Crippen LogP contribution is 2.20. The summed E-state index contributed by atoms with van der Waals surface area (Å²) in [4.78, 5) is 0.923. The molecule has 1 atom stereocenters. The van der Waals surface area contributed by atoms with Crippen molar-refractivity contribution in [3.8, 4) is 0 Å². The molecule has 0 aromatic heterocycles. The molecule has 2 rings (SSSR count). The van der Waals surface area contributed by atoms with Crippen molar-refractivity contribution in [2.75, 3.05) is 5.75 Å². The molecule has 5 heteroatoms. The Hall–Kier alpha value is -1.46. The molecule has 0 saturated carbocycles. The molecule has 0 radical (unpaired) electrons. The molecule has 20 heavy (non-hydrogen) atoms.